The lowest BCUT2D eigenvalue weighted by Gasteiger charge is -2.28. The van der Waals surface area contributed by atoms with Gasteiger partial charge in [0.2, 0.25) is 0 Å². The van der Waals surface area contributed by atoms with Crippen LogP contribution in [-0.4, -0.2) is 56.5 Å². The number of carbonyl (C=O) groups is 2. The summed E-state index contributed by atoms with van der Waals surface area (Å²) in [6.07, 6.45) is 2.09. The predicted octanol–water partition coefficient (Wildman–Crippen LogP) is 3.98. The molecule has 214 valence electrons. The number of hydrazone groups is 1. The third kappa shape index (κ3) is 8.23. The summed E-state index contributed by atoms with van der Waals surface area (Å²) in [5.41, 5.74) is 4.65. The van der Waals surface area contributed by atoms with Crippen LogP contribution in [0.25, 0.3) is 0 Å². The Labute approximate surface area is 259 Å². The third-order valence-corrected chi connectivity index (χ3v) is 6.91. The van der Waals surface area contributed by atoms with Gasteiger partial charge in [-0.15, -0.1) is 0 Å². The molecule has 40 heavy (non-hydrogen) atoms. The van der Waals surface area contributed by atoms with E-state index in [0.717, 1.165) is 12.7 Å². The van der Waals surface area contributed by atoms with E-state index in [1.807, 2.05) is 19.1 Å². The van der Waals surface area contributed by atoms with E-state index in [0.29, 0.717) is 41.7 Å². The molecule has 11 nitrogen and oxygen atoms in total. The Bertz CT molecular complexity index is 1320. The first-order chi connectivity index (χ1) is 19.2. The van der Waals surface area contributed by atoms with Crippen molar-refractivity contribution in [2.24, 2.45) is 5.10 Å². The number of hydrogen-bond acceptors (Lipinski definition) is 9. The quantitative estimate of drug-likeness (QED) is 0.0599. The van der Waals surface area contributed by atoms with E-state index in [9.17, 15) is 14.7 Å². The fourth-order valence-electron chi connectivity index (χ4n) is 3.79. The van der Waals surface area contributed by atoms with Gasteiger partial charge in [-0.25, -0.2) is 9.59 Å². The maximum Gasteiger partial charge on any atom is 0.337 e. The molecule has 0 bridgehead atoms. The molecule has 1 heterocycles. The fraction of sp³-hybridized carbons (Fsp3) is 0.296. The maximum absolute atomic E-state index is 12.4. The maximum atomic E-state index is 12.4. The summed E-state index contributed by atoms with van der Waals surface area (Å²) >= 11 is 4.41. The number of hydrogen-bond donors (Lipinski definition) is 4. The number of aliphatic hydroxyl groups is 1. The molecule has 0 saturated heterocycles. The van der Waals surface area contributed by atoms with Gasteiger partial charge in [-0.2, -0.15) is 5.10 Å². The van der Waals surface area contributed by atoms with Gasteiger partial charge in [0.15, 0.2) is 17.7 Å². The Morgan fingerprint density at radius 3 is 2.70 bits per heavy atom. The molecular formula is C27H30I2N4O7. The van der Waals surface area contributed by atoms with Crippen molar-refractivity contribution in [3.63, 3.8) is 0 Å². The molecule has 2 aromatic rings. The van der Waals surface area contributed by atoms with Crippen LogP contribution in [0.4, 0.5) is 4.79 Å². The molecule has 2 amide bonds. The Morgan fingerprint density at radius 1 is 1.23 bits per heavy atom. The van der Waals surface area contributed by atoms with Crippen molar-refractivity contribution in [2.45, 2.75) is 26.1 Å². The monoisotopic (exact) mass is 776 g/mol. The molecule has 1 aliphatic heterocycles. The number of ether oxygens (including phenoxy) is 4. The second kappa shape index (κ2) is 15.1. The first-order valence-corrected chi connectivity index (χ1v) is 14.3. The van der Waals surface area contributed by atoms with Crippen LogP contribution < -0.4 is 30.3 Å². The minimum Gasteiger partial charge on any atom is -0.490 e. The van der Waals surface area contributed by atoms with E-state index < -0.39 is 24.3 Å². The van der Waals surface area contributed by atoms with Crippen molar-refractivity contribution in [2.75, 3.05) is 26.9 Å². The van der Waals surface area contributed by atoms with E-state index in [1.54, 1.807) is 37.4 Å². The van der Waals surface area contributed by atoms with Crippen molar-refractivity contribution < 1.29 is 33.6 Å². The van der Waals surface area contributed by atoms with Crippen LogP contribution in [0.5, 0.6) is 17.2 Å². The summed E-state index contributed by atoms with van der Waals surface area (Å²) < 4.78 is 24.1. The van der Waals surface area contributed by atoms with Crippen LogP contribution in [0, 0.1) is 7.14 Å². The summed E-state index contributed by atoms with van der Waals surface area (Å²) in [4.78, 5) is 24.5. The molecular weight excluding hydrogens is 746 g/mol. The molecule has 0 fully saturated rings. The minimum atomic E-state index is -1.13. The van der Waals surface area contributed by atoms with E-state index in [2.05, 4.69) is 72.9 Å². The number of methoxy groups -OCH3 is 1. The number of aliphatic hydroxyl groups excluding tert-OH is 1. The summed E-state index contributed by atoms with van der Waals surface area (Å²) in [5, 5.41) is 19.9. The average molecular weight is 776 g/mol. The largest absolute Gasteiger partial charge is 0.490 e. The number of nitrogens with one attached hydrogen (secondary N) is 3. The van der Waals surface area contributed by atoms with E-state index in [1.165, 1.54) is 7.11 Å². The van der Waals surface area contributed by atoms with Gasteiger partial charge in [-0.3, -0.25) is 5.43 Å². The number of benzene rings is 2. The topological polar surface area (TPSA) is 140 Å². The second-order valence-electron chi connectivity index (χ2n) is 8.32. The number of allylic oxidation sites excluding steroid dienone is 1. The van der Waals surface area contributed by atoms with E-state index in [4.69, 9.17) is 18.9 Å². The van der Waals surface area contributed by atoms with Gasteiger partial charge in [0, 0.05) is 14.8 Å². The lowest BCUT2D eigenvalue weighted by atomic mass is 9.95. The lowest BCUT2D eigenvalue weighted by molar-refractivity contribution is -0.136. The molecule has 2 aromatic carbocycles. The molecule has 13 heteroatoms. The number of amides is 2. The Balaban J connectivity index is 1.72. The predicted molar refractivity (Wildman–Crippen MR) is 167 cm³/mol. The molecule has 0 aromatic heterocycles. The molecule has 0 unspecified atom stereocenters. The van der Waals surface area contributed by atoms with Crippen molar-refractivity contribution in [1.82, 2.24) is 16.1 Å². The number of halogens is 2. The van der Waals surface area contributed by atoms with Gasteiger partial charge in [0.1, 0.15) is 19.0 Å². The van der Waals surface area contributed by atoms with Crippen LogP contribution >= 0.6 is 45.2 Å². The van der Waals surface area contributed by atoms with Gasteiger partial charge in [-0.05, 0) is 88.9 Å². The smallest absolute Gasteiger partial charge is 0.337 e. The Hall–Kier alpha value is -3.05. The van der Waals surface area contributed by atoms with Gasteiger partial charge in [0.25, 0.3) is 0 Å². The van der Waals surface area contributed by atoms with Crippen molar-refractivity contribution in [1.29, 1.82) is 0 Å². The zero-order valence-corrected chi connectivity index (χ0v) is 26.4. The number of urea groups is 1. The first-order valence-electron chi connectivity index (χ1n) is 12.1. The highest BCUT2D eigenvalue weighted by Gasteiger charge is 2.32. The van der Waals surface area contributed by atoms with E-state index in [-0.39, 0.29) is 12.2 Å². The van der Waals surface area contributed by atoms with Gasteiger partial charge < -0.3 is 34.7 Å². The molecule has 0 aliphatic carbocycles. The number of rotatable bonds is 13. The second-order valence-corrected chi connectivity index (χ2v) is 10.7. The SMILES string of the molecule is C=CCOc1c(I)cc(I)cc1/C=N/N[C@@H](O)COc1ccc([C@@H]2NC(=O)NC(C)=C2C(=O)OC)cc1OCC. The third-order valence-electron chi connectivity index (χ3n) is 5.48. The van der Waals surface area contributed by atoms with Gasteiger partial charge >= 0.3 is 12.0 Å². The molecule has 0 saturated carbocycles. The first kappa shape index (κ1) is 31.5. The standard InChI is InChI=1S/C27H30I2N4O7/c1-5-9-39-25-17(10-18(28)12-19(25)29)13-30-33-22(34)14-40-20-8-7-16(11-21(20)38-6-2)24-23(26(35)37-4)15(3)31-27(36)32-24/h5,7-8,10-13,22,24,33-34H,1,6,9,14H2,2-4H3,(H2,31,32,36)/b30-13+/t22-,24-/m0/s1. The van der Waals surface area contributed by atoms with E-state index >= 15 is 0 Å². The molecule has 2 atom stereocenters. The number of nitrogens with zero attached hydrogens (tertiary/aromatic N) is 1. The van der Waals surface area contributed by atoms with Crippen LogP contribution in [0.1, 0.15) is 31.0 Å². The highest BCUT2D eigenvalue weighted by atomic mass is 127. The molecule has 4 N–H and O–H groups in total. The Kier molecular flexibility index (Phi) is 11.9. The van der Waals surface area contributed by atoms with Crippen molar-refractivity contribution >= 4 is 63.4 Å². The van der Waals surface area contributed by atoms with Crippen LogP contribution in [-0.2, 0) is 9.53 Å². The molecule has 1 aliphatic rings. The van der Waals surface area contributed by atoms with Gasteiger partial charge in [0.05, 0.1) is 35.1 Å². The van der Waals surface area contributed by atoms with Gasteiger partial charge in [-0.1, -0.05) is 18.7 Å². The molecule has 3 rings (SSSR count). The van der Waals surface area contributed by atoms with Crippen molar-refractivity contribution in [3.05, 3.63) is 72.5 Å². The average Bonchev–Trinajstić information content (AvgIpc) is 2.91. The molecule has 0 radical (unpaired) electrons. The number of carbonyl (C=O) groups excluding carboxylic acids is 2. The lowest BCUT2D eigenvalue weighted by Crippen LogP contribution is -2.45. The number of esters is 1. The van der Waals surface area contributed by atoms with Crippen LogP contribution in [0.2, 0.25) is 0 Å². The zero-order chi connectivity index (χ0) is 29.2. The summed E-state index contributed by atoms with van der Waals surface area (Å²) in [7, 11) is 1.28. The highest BCUT2D eigenvalue weighted by molar-refractivity contribution is 14.1. The van der Waals surface area contributed by atoms with Crippen molar-refractivity contribution in [3.8, 4) is 17.2 Å². The fourth-order valence-corrected chi connectivity index (χ4v) is 5.83. The Morgan fingerprint density at radius 2 is 2.00 bits per heavy atom. The minimum absolute atomic E-state index is 0.142. The summed E-state index contributed by atoms with van der Waals surface area (Å²) in [6, 6.07) is 7.73. The zero-order valence-electron chi connectivity index (χ0n) is 22.1. The summed E-state index contributed by atoms with van der Waals surface area (Å²) in [6.45, 7) is 7.68. The van der Waals surface area contributed by atoms with Crippen LogP contribution in [0.15, 0.2) is 59.4 Å². The molecule has 0 spiro atoms. The normalized spacial score (nSPS) is 15.7. The van der Waals surface area contributed by atoms with Crippen LogP contribution in [0.3, 0.4) is 0 Å². The summed E-state index contributed by atoms with van der Waals surface area (Å²) in [5.74, 6) is 0.845. The highest BCUT2D eigenvalue weighted by Crippen LogP contribution is 2.35.